The molecule has 1 saturated heterocycles. The second kappa shape index (κ2) is 5.70. The number of alkyl halides is 1. The van der Waals surface area contributed by atoms with Crippen LogP contribution in [0, 0.1) is 0 Å². The molecule has 1 unspecified atom stereocenters. The molecule has 0 aromatic rings. The molecule has 0 saturated carbocycles. The summed E-state index contributed by atoms with van der Waals surface area (Å²) in [6, 6.07) is 0. The molecular formula is C13H26ClNO. The third-order valence-corrected chi connectivity index (χ3v) is 4.38. The highest BCUT2D eigenvalue weighted by atomic mass is 35.5. The molecule has 0 aliphatic carbocycles. The van der Waals surface area contributed by atoms with Gasteiger partial charge in [0.1, 0.15) is 0 Å². The predicted molar refractivity (Wildman–Crippen MR) is 70.2 cm³/mol. The summed E-state index contributed by atoms with van der Waals surface area (Å²) >= 11 is 6.06. The highest BCUT2D eigenvalue weighted by Gasteiger charge is 2.33. The summed E-state index contributed by atoms with van der Waals surface area (Å²) in [4.78, 5) is 0. The highest BCUT2D eigenvalue weighted by Crippen LogP contribution is 2.29. The van der Waals surface area contributed by atoms with Crippen LogP contribution in [0.1, 0.15) is 53.4 Å². The summed E-state index contributed by atoms with van der Waals surface area (Å²) in [7, 11) is 0. The Labute approximate surface area is 105 Å². The number of rotatable bonds is 6. The maximum absolute atomic E-state index is 6.06. The molecular weight excluding hydrogens is 222 g/mol. The zero-order valence-corrected chi connectivity index (χ0v) is 11.9. The van der Waals surface area contributed by atoms with E-state index in [0.717, 1.165) is 32.2 Å². The Kier molecular flexibility index (Phi) is 5.09. The van der Waals surface area contributed by atoms with Gasteiger partial charge in [0.05, 0.1) is 11.7 Å². The van der Waals surface area contributed by atoms with Crippen LogP contribution in [0.4, 0.5) is 0 Å². The second-order valence-electron chi connectivity index (χ2n) is 5.54. The normalized spacial score (nSPS) is 24.9. The minimum absolute atomic E-state index is 0.0639. The van der Waals surface area contributed by atoms with Gasteiger partial charge in [-0.05, 0) is 39.5 Å². The molecule has 1 aliphatic rings. The first-order valence-electron chi connectivity index (χ1n) is 6.46. The number of nitrogens with one attached hydrogen (secondary N) is 1. The van der Waals surface area contributed by atoms with Crippen molar-refractivity contribution >= 4 is 11.6 Å². The van der Waals surface area contributed by atoms with Gasteiger partial charge in [-0.25, -0.2) is 0 Å². The smallest absolute Gasteiger partial charge is 0.0708 e. The van der Waals surface area contributed by atoms with Crippen LogP contribution in [-0.4, -0.2) is 29.7 Å². The molecule has 0 amide bonds. The molecule has 1 atom stereocenters. The number of ether oxygens (including phenoxy) is 1. The van der Waals surface area contributed by atoms with Crippen LogP contribution in [0.2, 0.25) is 0 Å². The van der Waals surface area contributed by atoms with Crippen LogP contribution in [0.15, 0.2) is 0 Å². The summed E-state index contributed by atoms with van der Waals surface area (Å²) in [5.74, 6) is 0.677. The minimum Gasteiger partial charge on any atom is -0.371 e. The van der Waals surface area contributed by atoms with Crippen molar-refractivity contribution in [2.24, 2.45) is 0 Å². The van der Waals surface area contributed by atoms with Crippen LogP contribution < -0.4 is 5.32 Å². The molecule has 0 radical (unpaired) electrons. The topological polar surface area (TPSA) is 21.3 Å². The fourth-order valence-corrected chi connectivity index (χ4v) is 2.76. The molecule has 96 valence electrons. The Hall–Kier alpha value is 0.210. The van der Waals surface area contributed by atoms with Crippen molar-refractivity contribution in [3.63, 3.8) is 0 Å². The van der Waals surface area contributed by atoms with Gasteiger partial charge >= 0.3 is 0 Å². The fraction of sp³-hybridized carbons (Fsp3) is 1.00. The molecule has 0 aromatic carbocycles. The Morgan fingerprint density at radius 3 is 2.38 bits per heavy atom. The maximum atomic E-state index is 6.06. The van der Waals surface area contributed by atoms with Crippen molar-refractivity contribution in [3.05, 3.63) is 0 Å². The molecule has 1 fully saturated rings. The van der Waals surface area contributed by atoms with E-state index in [1.54, 1.807) is 0 Å². The average Bonchev–Trinajstić information content (AvgIpc) is 2.61. The number of halogens is 1. The van der Waals surface area contributed by atoms with E-state index in [4.69, 9.17) is 16.3 Å². The Balaban J connectivity index is 2.39. The molecule has 1 N–H and O–H groups in total. The van der Waals surface area contributed by atoms with E-state index >= 15 is 0 Å². The summed E-state index contributed by atoms with van der Waals surface area (Å²) < 4.78 is 5.97. The van der Waals surface area contributed by atoms with Crippen molar-refractivity contribution in [1.29, 1.82) is 0 Å². The molecule has 1 heterocycles. The standard InChI is InChI=1S/C13H26ClNO/c1-5-13(6-2,10-14)15-9-11-7-8-12(3,4)16-11/h11,15H,5-10H2,1-4H3. The average molecular weight is 248 g/mol. The summed E-state index contributed by atoms with van der Waals surface area (Å²) in [6.45, 7) is 9.65. The molecule has 1 rings (SSSR count). The molecule has 0 spiro atoms. The van der Waals surface area contributed by atoms with E-state index < -0.39 is 0 Å². The third kappa shape index (κ3) is 3.61. The first kappa shape index (κ1) is 14.3. The third-order valence-electron chi connectivity index (χ3n) is 3.87. The van der Waals surface area contributed by atoms with Gasteiger partial charge in [0.25, 0.3) is 0 Å². The van der Waals surface area contributed by atoms with E-state index in [-0.39, 0.29) is 11.1 Å². The monoisotopic (exact) mass is 247 g/mol. The van der Waals surface area contributed by atoms with Gasteiger partial charge in [-0.3, -0.25) is 0 Å². The lowest BCUT2D eigenvalue weighted by Crippen LogP contribution is -2.49. The van der Waals surface area contributed by atoms with Gasteiger partial charge in [0.15, 0.2) is 0 Å². The second-order valence-corrected chi connectivity index (χ2v) is 5.81. The van der Waals surface area contributed by atoms with Gasteiger partial charge < -0.3 is 10.1 Å². The van der Waals surface area contributed by atoms with Gasteiger partial charge in [-0.1, -0.05) is 13.8 Å². The van der Waals surface area contributed by atoms with E-state index in [1.165, 1.54) is 0 Å². The zero-order chi connectivity index (χ0) is 12.2. The van der Waals surface area contributed by atoms with Gasteiger partial charge in [-0.2, -0.15) is 0 Å². The molecule has 0 bridgehead atoms. The van der Waals surface area contributed by atoms with Crippen molar-refractivity contribution < 1.29 is 4.74 Å². The van der Waals surface area contributed by atoms with E-state index in [2.05, 4.69) is 33.0 Å². The SMILES string of the molecule is CCC(CC)(CCl)NCC1CCC(C)(C)O1. The lowest BCUT2D eigenvalue weighted by atomic mass is 9.95. The van der Waals surface area contributed by atoms with Crippen molar-refractivity contribution in [3.8, 4) is 0 Å². The van der Waals surface area contributed by atoms with Gasteiger partial charge in [-0.15, -0.1) is 11.6 Å². The first-order valence-corrected chi connectivity index (χ1v) is 6.99. The molecule has 0 aromatic heterocycles. The molecule has 2 nitrogen and oxygen atoms in total. The predicted octanol–water partition coefficient (Wildman–Crippen LogP) is 3.33. The van der Waals surface area contributed by atoms with Crippen LogP contribution in [-0.2, 0) is 4.74 Å². The fourth-order valence-electron chi connectivity index (χ4n) is 2.29. The molecule has 1 aliphatic heterocycles. The van der Waals surface area contributed by atoms with Crippen molar-refractivity contribution in [2.45, 2.75) is 70.6 Å². The van der Waals surface area contributed by atoms with Gasteiger partial charge in [0.2, 0.25) is 0 Å². The zero-order valence-electron chi connectivity index (χ0n) is 11.1. The number of hydrogen-bond acceptors (Lipinski definition) is 2. The molecule has 3 heteroatoms. The highest BCUT2D eigenvalue weighted by molar-refractivity contribution is 6.18. The van der Waals surface area contributed by atoms with E-state index in [1.807, 2.05) is 0 Å². The summed E-state index contributed by atoms with van der Waals surface area (Å²) in [5.41, 5.74) is 0.159. The van der Waals surface area contributed by atoms with Crippen molar-refractivity contribution in [1.82, 2.24) is 5.32 Å². The van der Waals surface area contributed by atoms with Crippen molar-refractivity contribution in [2.75, 3.05) is 12.4 Å². The quantitative estimate of drug-likeness (QED) is 0.727. The first-order chi connectivity index (χ1) is 7.47. The van der Waals surface area contributed by atoms with Crippen LogP contribution in [0.25, 0.3) is 0 Å². The van der Waals surface area contributed by atoms with Crippen LogP contribution in [0.5, 0.6) is 0 Å². The van der Waals surface area contributed by atoms with E-state index in [9.17, 15) is 0 Å². The van der Waals surface area contributed by atoms with E-state index in [0.29, 0.717) is 12.0 Å². The van der Waals surface area contributed by atoms with Crippen LogP contribution >= 0.6 is 11.6 Å². The maximum Gasteiger partial charge on any atom is 0.0708 e. The summed E-state index contributed by atoms with van der Waals surface area (Å²) in [6.07, 6.45) is 4.82. The lowest BCUT2D eigenvalue weighted by Gasteiger charge is -2.32. The Morgan fingerprint density at radius 1 is 1.38 bits per heavy atom. The molecule has 16 heavy (non-hydrogen) atoms. The Morgan fingerprint density at radius 2 is 2.00 bits per heavy atom. The number of hydrogen-bond donors (Lipinski definition) is 1. The summed E-state index contributed by atoms with van der Waals surface area (Å²) in [5, 5.41) is 3.61. The Bertz CT molecular complexity index is 206. The lowest BCUT2D eigenvalue weighted by molar-refractivity contribution is -0.0169. The largest absolute Gasteiger partial charge is 0.371 e. The van der Waals surface area contributed by atoms with Gasteiger partial charge in [0, 0.05) is 18.0 Å². The minimum atomic E-state index is 0.0639. The van der Waals surface area contributed by atoms with Crippen LogP contribution in [0.3, 0.4) is 0 Å².